The smallest absolute Gasteiger partial charge is 0.133 e. The van der Waals surface area contributed by atoms with Crippen LogP contribution in [0, 0.1) is 0 Å². The fourth-order valence-electron chi connectivity index (χ4n) is 1.56. The SMILES string of the molecule is CCOc1ccc(/C=N/Nc2ccccc2)cc1Br. The maximum atomic E-state index is 5.46. The molecular weight excluding hydrogens is 304 g/mol. The van der Waals surface area contributed by atoms with Gasteiger partial charge in [-0.2, -0.15) is 5.10 Å². The number of benzene rings is 2. The molecule has 98 valence electrons. The minimum atomic E-state index is 0.654. The zero-order valence-electron chi connectivity index (χ0n) is 10.6. The van der Waals surface area contributed by atoms with Gasteiger partial charge in [0.2, 0.25) is 0 Å². The van der Waals surface area contributed by atoms with Crippen LogP contribution in [0.4, 0.5) is 5.69 Å². The van der Waals surface area contributed by atoms with Crippen LogP contribution >= 0.6 is 15.9 Å². The van der Waals surface area contributed by atoms with Crippen LogP contribution in [0.25, 0.3) is 0 Å². The highest BCUT2D eigenvalue weighted by Gasteiger charge is 2.00. The topological polar surface area (TPSA) is 33.6 Å². The monoisotopic (exact) mass is 318 g/mol. The Hall–Kier alpha value is -1.81. The van der Waals surface area contributed by atoms with E-state index in [1.165, 1.54) is 0 Å². The van der Waals surface area contributed by atoms with Crippen molar-refractivity contribution in [3.05, 3.63) is 58.6 Å². The molecule has 0 radical (unpaired) electrons. The number of halogens is 1. The summed E-state index contributed by atoms with van der Waals surface area (Å²) >= 11 is 3.48. The second-order valence-electron chi connectivity index (χ2n) is 3.86. The molecule has 0 aliphatic heterocycles. The molecule has 0 bridgehead atoms. The van der Waals surface area contributed by atoms with Crippen molar-refractivity contribution in [2.45, 2.75) is 6.92 Å². The molecular formula is C15H15BrN2O. The van der Waals surface area contributed by atoms with Gasteiger partial charge in [0.1, 0.15) is 5.75 Å². The Morgan fingerprint density at radius 2 is 2.00 bits per heavy atom. The van der Waals surface area contributed by atoms with Crippen LogP contribution < -0.4 is 10.2 Å². The highest BCUT2D eigenvalue weighted by molar-refractivity contribution is 9.10. The predicted molar refractivity (Wildman–Crippen MR) is 83.0 cm³/mol. The van der Waals surface area contributed by atoms with Crippen molar-refractivity contribution < 1.29 is 4.74 Å². The lowest BCUT2D eigenvalue weighted by Crippen LogP contribution is -1.94. The minimum absolute atomic E-state index is 0.654. The number of para-hydroxylation sites is 1. The number of hydrogen-bond acceptors (Lipinski definition) is 3. The first-order chi connectivity index (χ1) is 9.29. The maximum Gasteiger partial charge on any atom is 0.133 e. The summed E-state index contributed by atoms with van der Waals surface area (Å²) in [5, 5.41) is 4.19. The molecule has 2 rings (SSSR count). The average Bonchev–Trinajstić information content (AvgIpc) is 2.43. The third kappa shape index (κ3) is 4.10. The number of nitrogens with zero attached hydrogens (tertiary/aromatic N) is 1. The number of hydrazone groups is 1. The molecule has 1 N–H and O–H groups in total. The Labute approximate surface area is 121 Å². The Morgan fingerprint density at radius 1 is 1.21 bits per heavy atom. The predicted octanol–water partition coefficient (Wildman–Crippen LogP) is 4.29. The third-order valence-corrected chi connectivity index (χ3v) is 3.06. The van der Waals surface area contributed by atoms with E-state index in [1.807, 2.05) is 55.5 Å². The number of rotatable bonds is 5. The van der Waals surface area contributed by atoms with Crippen LogP contribution in [0.15, 0.2) is 58.1 Å². The first-order valence-electron chi connectivity index (χ1n) is 6.06. The molecule has 0 amide bonds. The molecule has 0 aromatic heterocycles. The van der Waals surface area contributed by atoms with Crippen molar-refractivity contribution in [1.29, 1.82) is 0 Å². The first kappa shape index (κ1) is 13.6. The van der Waals surface area contributed by atoms with Crippen molar-refractivity contribution in [2.75, 3.05) is 12.0 Å². The van der Waals surface area contributed by atoms with E-state index in [4.69, 9.17) is 4.74 Å². The van der Waals surface area contributed by atoms with Gasteiger partial charge in [-0.3, -0.25) is 5.43 Å². The van der Waals surface area contributed by atoms with Gasteiger partial charge in [0.15, 0.2) is 0 Å². The van der Waals surface area contributed by atoms with Crippen molar-refractivity contribution in [1.82, 2.24) is 0 Å². The molecule has 4 heteroatoms. The van der Waals surface area contributed by atoms with E-state index in [9.17, 15) is 0 Å². The van der Waals surface area contributed by atoms with Crippen LogP contribution in [0.5, 0.6) is 5.75 Å². The average molecular weight is 319 g/mol. The van der Waals surface area contributed by atoms with Crippen LogP contribution in [-0.4, -0.2) is 12.8 Å². The molecule has 0 spiro atoms. The van der Waals surface area contributed by atoms with E-state index in [-0.39, 0.29) is 0 Å². The summed E-state index contributed by atoms with van der Waals surface area (Å²) in [6.07, 6.45) is 1.77. The summed E-state index contributed by atoms with van der Waals surface area (Å²) in [5.41, 5.74) is 4.94. The molecule has 0 fully saturated rings. The van der Waals surface area contributed by atoms with E-state index in [2.05, 4.69) is 26.5 Å². The quantitative estimate of drug-likeness (QED) is 0.659. The maximum absolute atomic E-state index is 5.46. The van der Waals surface area contributed by atoms with Crippen molar-refractivity contribution in [3.63, 3.8) is 0 Å². The molecule has 0 saturated heterocycles. The van der Waals surface area contributed by atoms with Crippen LogP contribution in [0.3, 0.4) is 0 Å². The fraction of sp³-hybridized carbons (Fsp3) is 0.133. The molecule has 19 heavy (non-hydrogen) atoms. The summed E-state index contributed by atoms with van der Waals surface area (Å²) in [4.78, 5) is 0. The molecule has 0 aliphatic rings. The molecule has 0 atom stereocenters. The number of hydrogen-bond donors (Lipinski definition) is 1. The Morgan fingerprint density at radius 3 is 2.68 bits per heavy atom. The zero-order valence-corrected chi connectivity index (χ0v) is 12.2. The van der Waals surface area contributed by atoms with Gasteiger partial charge < -0.3 is 4.74 Å². The minimum Gasteiger partial charge on any atom is -0.493 e. The van der Waals surface area contributed by atoms with E-state index in [0.29, 0.717) is 6.61 Å². The second kappa shape index (κ2) is 6.95. The Kier molecular flexibility index (Phi) is 4.98. The highest BCUT2D eigenvalue weighted by atomic mass is 79.9. The van der Waals surface area contributed by atoms with Crippen molar-refractivity contribution in [3.8, 4) is 5.75 Å². The summed E-state index contributed by atoms with van der Waals surface area (Å²) in [5.74, 6) is 0.843. The molecule has 0 aliphatic carbocycles. The van der Waals surface area contributed by atoms with E-state index in [1.54, 1.807) is 6.21 Å². The van der Waals surface area contributed by atoms with Gasteiger partial charge in [-0.05, 0) is 58.7 Å². The van der Waals surface area contributed by atoms with E-state index >= 15 is 0 Å². The Balaban J connectivity index is 2.01. The molecule has 2 aromatic carbocycles. The van der Waals surface area contributed by atoms with Crippen LogP contribution in [0.2, 0.25) is 0 Å². The fourth-order valence-corrected chi connectivity index (χ4v) is 2.07. The largest absolute Gasteiger partial charge is 0.493 e. The summed E-state index contributed by atoms with van der Waals surface area (Å²) in [6.45, 7) is 2.62. The lowest BCUT2D eigenvalue weighted by molar-refractivity contribution is 0.338. The molecule has 0 saturated carbocycles. The second-order valence-corrected chi connectivity index (χ2v) is 4.71. The van der Waals surface area contributed by atoms with Crippen LogP contribution in [0.1, 0.15) is 12.5 Å². The summed E-state index contributed by atoms with van der Waals surface area (Å²) < 4.78 is 6.39. The van der Waals surface area contributed by atoms with Crippen molar-refractivity contribution >= 4 is 27.8 Å². The van der Waals surface area contributed by atoms with Gasteiger partial charge >= 0.3 is 0 Å². The normalized spacial score (nSPS) is 10.6. The van der Waals surface area contributed by atoms with Crippen molar-refractivity contribution in [2.24, 2.45) is 5.10 Å². The van der Waals surface area contributed by atoms with Gasteiger partial charge in [-0.15, -0.1) is 0 Å². The van der Waals surface area contributed by atoms with E-state index < -0.39 is 0 Å². The number of ether oxygens (including phenoxy) is 1. The standard InChI is InChI=1S/C15H15BrN2O/c1-2-19-15-9-8-12(10-14(15)16)11-17-18-13-6-4-3-5-7-13/h3-11,18H,2H2,1H3/b17-11+. The lowest BCUT2D eigenvalue weighted by Gasteiger charge is -2.05. The number of anilines is 1. The lowest BCUT2D eigenvalue weighted by atomic mass is 10.2. The molecule has 0 unspecified atom stereocenters. The van der Waals surface area contributed by atoms with Gasteiger partial charge in [-0.25, -0.2) is 0 Å². The summed E-state index contributed by atoms with van der Waals surface area (Å²) in [7, 11) is 0. The third-order valence-electron chi connectivity index (χ3n) is 2.44. The summed E-state index contributed by atoms with van der Waals surface area (Å²) in [6, 6.07) is 15.7. The Bertz CT molecular complexity index is 555. The van der Waals surface area contributed by atoms with Gasteiger partial charge in [0, 0.05) is 0 Å². The molecule has 3 nitrogen and oxygen atoms in total. The van der Waals surface area contributed by atoms with E-state index in [0.717, 1.165) is 21.5 Å². The molecule has 2 aromatic rings. The first-order valence-corrected chi connectivity index (χ1v) is 6.85. The van der Waals surface area contributed by atoms with Gasteiger partial charge in [0.25, 0.3) is 0 Å². The molecule has 0 heterocycles. The van der Waals surface area contributed by atoms with Gasteiger partial charge in [0.05, 0.1) is 23.0 Å². The van der Waals surface area contributed by atoms with Crippen LogP contribution in [-0.2, 0) is 0 Å². The number of nitrogens with one attached hydrogen (secondary N) is 1. The highest BCUT2D eigenvalue weighted by Crippen LogP contribution is 2.25. The van der Waals surface area contributed by atoms with Gasteiger partial charge in [-0.1, -0.05) is 18.2 Å². The zero-order chi connectivity index (χ0) is 13.5.